The van der Waals surface area contributed by atoms with Crippen LogP contribution in [0.3, 0.4) is 0 Å². The number of fused-ring (bicyclic) bond motifs is 1. The fraction of sp³-hybridized carbons (Fsp3) is 0.571. The van der Waals surface area contributed by atoms with Crippen molar-refractivity contribution < 1.29 is 14.3 Å². The van der Waals surface area contributed by atoms with E-state index in [2.05, 4.69) is 15.9 Å². The molecule has 0 saturated carbocycles. The number of nitrogens with zero attached hydrogens (tertiary/aromatic N) is 3. The van der Waals surface area contributed by atoms with Gasteiger partial charge in [0.15, 0.2) is 5.16 Å². The minimum atomic E-state index is -0.0960. The van der Waals surface area contributed by atoms with Crippen molar-refractivity contribution in [3.63, 3.8) is 0 Å². The van der Waals surface area contributed by atoms with Crippen LogP contribution in [0.5, 0.6) is 0 Å². The standard InChI is InChI=1S/C21H28BrN3O4S/c1-4-28-9-5-8-25-20(27)17-10-16(22)6-7-18(17)23-21(25)30-13-19(26)24-11-14(2)29-15(3)12-24/h6-7,10,14-15H,4-5,8-9,11-13H2,1-3H3. The number of morpholine rings is 1. The molecule has 0 spiro atoms. The first-order valence-electron chi connectivity index (χ1n) is 10.2. The minimum absolute atomic E-state index is 0.0247. The number of aromatic nitrogens is 2. The molecule has 1 aromatic heterocycles. The molecule has 1 aromatic carbocycles. The monoisotopic (exact) mass is 497 g/mol. The summed E-state index contributed by atoms with van der Waals surface area (Å²) in [5, 5.41) is 1.13. The van der Waals surface area contributed by atoms with Gasteiger partial charge < -0.3 is 14.4 Å². The smallest absolute Gasteiger partial charge is 0.262 e. The number of hydrogen-bond acceptors (Lipinski definition) is 6. The quantitative estimate of drug-likeness (QED) is 0.316. The Morgan fingerprint density at radius 3 is 2.77 bits per heavy atom. The van der Waals surface area contributed by atoms with Crippen molar-refractivity contribution in [3.05, 3.63) is 33.0 Å². The third-order valence-electron chi connectivity index (χ3n) is 4.85. The van der Waals surface area contributed by atoms with Gasteiger partial charge in [-0.3, -0.25) is 14.2 Å². The molecule has 0 aliphatic carbocycles. The van der Waals surface area contributed by atoms with Crippen LogP contribution >= 0.6 is 27.7 Å². The van der Waals surface area contributed by atoms with Crippen molar-refractivity contribution in [1.29, 1.82) is 0 Å². The van der Waals surface area contributed by atoms with Crippen LogP contribution in [-0.4, -0.2) is 64.6 Å². The molecule has 1 aliphatic rings. The fourth-order valence-electron chi connectivity index (χ4n) is 3.55. The van der Waals surface area contributed by atoms with E-state index in [1.54, 1.807) is 10.6 Å². The highest BCUT2D eigenvalue weighted by Crippen LogP contribution is 2.22. The van der Waals surface area contributed by atoms with Crippen molar-refractivity contribution in [1.82, 2.24) is 14.5 Å². The van der Waals surface area contributed by atoms with Crippen LogP contribution in [0.15, 0.2) is 32.6 Å². The maximum atomic E-state index is 13.1. The lowest BCUT2D eigenvalue weighted by Gasteiger charge is -2.35. The normalized spacial score (nSPS) is 19.4. The van der Waals surface area contributed by atoms with Crippen LogP contribution in [0, 0.1) is 0 Å². The predicted octanol–water partition coefficient (Wildman–Crippen LogP) is 3.31. The third kappa shape index (κ3) is 5.84. The van der Waals surface area contributed by atoms with E-state index < -0.39 is 0 Å². The van der Waals surface area contributed by atoms with Gasteiger partial charge in [-0.15, -0.1) is 0 Å². The first-order valence-corrected chi connectivity index (χ1v) is 12.0. The van der Waals surface area contributed by atoms with Crippen LogP contribution in [0.1, 0.15) is 27.2 Å². The number of carbonyl (C=O) groups is 1. The lowest BCUT2D eigenvalue weighted by Crippen LogP contribution is -2.48. The van der Waals surface area contributed by atoms with E-state index in [9.17, 15) is 9.59 Å². The summed E-state index contributed by atoms with van der Waals surface area (Å²) < 4.78 is 13.6. The molecule has 2 heterocycles. The number of halogens is 1. The molecule has 2 atom stereocenters. The maximum Gasteiger partial charge on any atom is 0.262 e. The molecule has 30 heavy (non-hydrogen) atoms. The molecule has 0 radical (unpaired) electrons. The molecular formula is C21H28BrN3O4S. The largest absolute Gasteiger partial charge is 0.382 e. The number of hydrogen-bond donors (Lipinski definition) is 0. The highest BCUT2D eigenvalue weighted by atomic mass is 79.9. The highest BCUT2D eigenvalue weighted by Gasteiger charge is 2.26. The Hall–Kier alpha value is -1.42. The maximum absolute atomic E-state index is 13.1. The van der Waals surface area contributed by atoms with Gasteiger partial charge in [-0.05, 0) is 45.4 Å². The summed E-state index contributed by atoms with van der Waals surface area (Å²) in [5.74, 6) is 0.271. The Morgan fingerprint density at radius 1 is 1.33 bits per heavy atom. The first kappa shape index (κ1) is 23.2. The summed E-state index contributed by atoms with van der Waals surface area (Å²) in [4.78, 5) is 32.4. The number of carbonyl (C=O) groups excluding carboxylic acids is 1. The molecule has 3 rings (SSSR count). The van der Waals surface area contributed by atoms with E-state index in [-0.39, 0.29) is 29.4 Å². The zero-order chi connectivity index (χ0) is 21.7. The number of thioether (sulfide) groups is 1. The Morgan fingerprint density at radius 2 is 2.07 bits per heavy atom. The second kappa shape index (κ2) is 10.7. The molecule has 2 aromatic rings. The average molecular weight is 498 g/mol. The number of amides is 1. The Bertz CT molecular complexity index is 942. The molecule has 9 heteroatoms. The van der Waals surface area contributed by atoms with Crippen LogP contribution < -0.4 is 5.56 Å². The van der Waals surface area contributed by atoms with E-state index in [1.165, 1.54) is 11.8 Å². The van der Waals surface area contributed by atoms with E-state index in [0.29, 0.717) is 55.3 Å². The lowest BCUT2D eigenvalue weighted by atomic mass is 10.2. The molecule has 7 nitrogen and oxygen atoms in total. The topological polar surface area (TPSA) is 73.7 Å². The molecule has 1 aliphatic heterocycles. The van der Waals surface area contributed by atoms with Gasteiger partial charge in [0, 0.05) is 37.3 Å². The van der Waals surface area contributed by atoms with E-state index in [1.807, 2.05) is 37.8 Å². The average Bonchev–Trinajstić information content (AvgIpc) is 2.70. The number of rotatable bonds is 8. The van der Waals surface area contributed by atoms with Crippen LogP contribution in [-0.2, 0) is 20.8 Å². The van der Waals surface area contributed by atoms with Crippen LogP contribution in [0.2, 0.25) is 0 Å². The highest BCUT2D eigenvalue weighted by molar-refractivity contribution is 9.10. The summed E-state index contributed by atoms with van der Waals surface area (Å²) in [6.45, 7) is 8.78. The zero-order valence-electron chi connectivity index (χ0n) is 17.6. The molecule has 0 N–H and O–H groups in total. The molecule has 1 amide bonds. The number of ether oxygens (including phenoxy) is 2. The minimum Gasteiger partial charge on any atom is -0.382 e. The van der Waals surface area contributed by atoms with Gasteiger partial charge in [-0.1, -0.05) is 27.7 Å². The fourth-order valence-corrected chi connectivity index (χ4v) is 4.84. The number of benzene rings is 1. The van der Waals surface area contributed by atoms with E-state index in [4.69, 9.17) is 14.5 Å². The van der Waals surface area contributed by atoms with Crippen molar-refractivity contribution >= 4 is 44.5 Å². The molecule has 1 fully saturated rings. The molecule has 2 unspecified atom stereocenters. The van der Waals surface area contributed by atoms with Crippen molar-refractivity contribution in [2.24, 2.45) is 0 Å². The molecule has 1 saturated heterocycles. The summed E-state index contributed by atoms with van der Waals surface area (Å²) in [6, 6.07) is 5.48. The Balaban J connectivity index is 1.81. The molecular weight excluding hydrogens is 470 g/mol. The predicted molar refractivity (Wildman–Crippen MR) is 122 cm³/mol. The Labute approximate surface area is 189 Å². The van der Waals surface area contributed by atoms with E-state index >= 15 is 0 Å². The zero-order valence-corrected chi connectivity index (χ0v) is 20.0. The summed E-state index contributed by atoms with van der Waals surface area (Å²) in [5.41, 5.74) is 0.536. The summed E-state index contributed by atoms with van der Waals surface area (Å²) >= 11 is 4.74. The summed E-state index contributed by atoms with van der Waals surface area (Å²) in [6.07, 6.45) is 0.753. The third-order valence-corrected chi connectivity index (χ3v) is 6.31. The van der Waals surface area contributed by atoms with Gasteiger partial charge in [0.2, 0.25) is 5.91 Å². The van der Waals surface area contributed by atoms with Gasteiger partial charge >= 0.3 is 0 Å². The van der Waals surface area contributed by atoms with Gasteiger partial charge in [0.05, 0.1) is 28.9 Å². The van der Waals surface area contributed by atoms with Crippen molar-refractivity contribution in [3.8, 4) is 0 Å². The summed E-state index contributed by atoms with van der Waals surface area (Å²) in [7, 11) is 0. The first-order chi connectivity index (χ1) is 14.4. The van der Waals surface area contributed by atoms with Crippen LogP contribution in [0.25, 0.3) is 10.9 Å². The van der Waals surface area contributed by atoms with Crippen molar-refractivity contribution in [2.45, 2.75) is 51.1 Å². The van der Waals surface area contributed by atoms with Gasteiger partial charge in [-0.2, -0.15) is 0 Å². The van der Waals surface area contributed by atoms with Gasteiger partial charge in [-0.25, -0.2) is 4.98 Å². The van der Waals surface area contributed by atoms with E-state index in [0.717, 1.165) is 4.47 Å². The van der Waals surface area contributed by atoms with Crippen molar-refractivity contribution in [2.75, 3.05) is 32.1 Å². The van der Waals surface area contributed by atoms with Gasteiger partial charge in [0.1, 0.15) is 0 Å². The van der Waals surface area contributed by atoms with Crippen LogP contribution in [0.4, 0.5) is 0 Å². The second-order valence-electron chi connectivity index (χ2n) is 7.41. The Kier molecular flexibility index (Phi) is 8.33. The lowest BCUT2D eigenvalue weighted by molar-refractivity contribution is -0.140. The SMILES string of the molecule is CCOCCCn1c(SCC(=O)N2CC(C)OC(C)C2)nc2ccc(Br)cc2c1=O. The molecule has 0 bridgehead atoms. The second-order valence-corrected chi connectivity index (χ2v) is 9.27. The van der Waals surface area contributed by atoms with Gasteiger partial charge in [0.25, 0.3) is 5.56 Å². The molecule has 164 valence electrons.